The molecule has 4 heteroatoms. The summed E-state index contributed by atoms with van der Waals surface area (Å²) in [6.07, 6.45) is 0.709. The van der Waals surface area contributed by atoms with Crippen LogP contribution in [0.15, 0.2) is 54.6 Å². The highest BCUT2D eigenvalue weighted by molar-refractivity contribution is 5.84. The lowest BCUT2D eigenvalue weighted by Gasteiger charge is -2.30. The largest absolute Gasteiger partial charge is 0.390 e. The Morgan fingerprint density at radius 2 is 1.88 bits per heavy atom. The zero-order valence-electron chi connectivity index (χ0n) is 15.4. The van der Waals surface area contributed by atoms with Gasteiger partial charge in [-0.25, -0.2) is 0 Å². The molecular formula is C22H27N3O. The summed E-state index contributed by atoms with van der Waals surface area (Å²) >= 11 is 0. The molecule has 136 valence electrons. The van der Waals surface area contributed by atoms with Crippen molar-refractivity contribution in [2.24, 2.45) is 0 Å². The smallest absolute Gasteiger partial charge is 0.0793 e. The summed E-state index contributed by atoms with van der Waals surface area (Å²) in [7, 11) is 2.07. The Morgan fingerprint density at radius 3 is 2.73 bits per heavy atom. The maximum Gasteiger partial charge on any atom is 0.0793 e. The number of benzene rings is 2. The van der Waals surface area contributed by atoms with E-state index in [1.54, 1.807) is 0 Å². The minimum absolute atomic E-state index is 0.338. The van der Waals surface area contributed by atoms with Gasteiger partial charge in [0.15, 0.2) is 0 Å². The fourth-order valence-corrected chi connectivity index (χ4v) is 4.08. The van der Waals surface area contributed by atoms with Gasteiger partial charge in [0, 0.05) is 49.3 Å². The van der Waals surface area contributed by atoms with Gasteiger partial charge < -0.3 is 10.1 Å². The van der Waals surface area contributed by atoms with Crippen molar-refractivity contribution in [2.45, 2.75) is 25.6 Å². The number of aliphatic hydroxyl groups is 1. The van der Waals surface area contributed by atoms with Gasteiger partial charge in [0.2, 0.25) is 0 Å². The molecule has 2 heterocycles. The minimum atomic E-state index is -0.338. The van der Waals surface area contributed by atoms with E-state index in [4.69, 9.17) is 0 Å². The molecule has 0 bridgehead atoms. The lowest BCUT2D eigenvalue weighted by atomic mass is 10.0. The second-order valence-electron chi connectivity index (χ2n) is 7.45. The molecule has 1 atom stereocenters. The highest BCUT2D eigenvalue weighted by Crippen LogP contribution is 2.27. The van der Waals surface area contributed by atoms with Crippen molar-refractivity contribution < 1.29 is 5.11 Å². The average molecular weight is 349 g/mol. The molecule has 0 saturated carbocycles. The van der Waals surface area contributed by atoms with E-state index in [0.29, 0.717) is 13.1 Å². The molecule has 0 fully saturated rings. The number of hydrogen-bond acceptors (Lipinski definition) is 3. The van der Waals surface area contributed by atoms with Crippen LogP contribution in [-0.2, 0) is 19.5 Å². The Kier molecular flexibility index (Phi) is 5.07. The third-order valence-electron chi connectivity index (χ3n) is 5.25. The summed E-state index contributed by atoms with van der Waals surface area (Å²) in [6, 6.07) is 18.9. The molecule has 1 aliphatic rings. The first-order valence-corrected chi connectivity index (χ1v) is 9.40. The maximum absolute atomic E-state index is 10.5. The predicted molar refractivity (Wildman–Crippen MR) is 106 cm³/mol. The van der Waals surface area contributed by atoms with Crippen LogP contribution >= 0.6 is 0 Å². The maximum atomic E-state index is 10.5. The second-order valence-corrected chi connectivity index (χ2v) is 7.45. The zero-order chi connectivity index (χ0) is 17.9. The first kappa shape index (κ1) is 17.3. The van der Waals surface area contributed by atoms with Crippen molar-refractivity contribution in [1.29, 1.82) is 0 Å². The number of aromatic nitrogens is 1. The number of hydrogen-bond donors (Lipinski definition) is 2. The summed E-state index contributed by atoms with van der Waals surface area (Å²) in [5.41, 5.74) is 5.26. The molecule has 4 nitrogen and oxygen atoms in total. The van der Waals surface area contributed by atoms with Crippen LogP contribution in [0.5, 0.6) is 0 Å². The SMILES string of the molecule is CN(Cc1ccccc1)CC(O)CN1CCc2c([nH]c3ccccc23)C1. The molecule has 0 radical (unpaired) electrons. The minimum Gasteiger partial charge on any atom is -0.390 e. The molecule has 4 rings (SSSR count). The highest BCUT2D eigenvalue weighted by Gasteiger charge is 2.22. The molecule has 1 aliphatic heterocycles. The third kappa shape index (κ3) is 3.83. The van der Waals surface area contributed by atoms with Gasteiger partial charge in [-0.15, -0.1) is 0 Å². The van der Waals surface area contributed by atoms with Crippen molar-refractivity contribution >= 4 is 10.9 Å². The molecule has 0 saturated heterocycles. The molecule has 0 spiro atoms. The number of aliphatic hydroxyl groups excluding tert-OH is 1. The van der Waals surface area contributed by atoms with Crippen molar-refractivity contribution in [1.82, 2.24) is 14.8 Å². The van der Waals surface area contributed by atoms with E-state index in [1.807, 2.05) is 6.07 Å². The fourth-order valence-electron chi connectivity index (χ4n) is 4.08. The summed E-state index contributed by atoms with van der Waals surface area (Å²) in [6.45, 7) is 4.17. The van der Waals surface area contributed by atoms with Gasteiger partial charge in [-0.1, -0.05) is 48.5 Å². The lowest BCUT2D eigenvalue weighted by Crippen LogP contribution is -2.41. The molecule has 26 heavy (non-hydrogen) atoms. The Bertz CT molecular complexity index is 858. The van der Waals surface area contributed by atoms with Gasteiger partial charge >= 0.3 is 0 Å². The number of nitrogens with zero attached hydrogens (tertiary/aromatic N) is 2. The van der Waals surface area contributed by atoms with Gasteiger partial charge in [0.25, 0.3) is 0 Å². The number of likely N-dealkylation sites (N-methyl/N-ethyl adjacent to an activating group) is 1. The van der Waals surface area contributed by atoms with E-state index in [9.17, 15) is 5.11 Å². The number of aromatic amines is 1. The standard InChI is InChI=1S/C22H27N3O/c1-24(13-17-7-3-2-4-8-17)14-18(26)15-25-12-11-20-19-9-5-6-10-21(19)23-22(20)16-25/h2-10,18,23,26H,11-16H2,1H3. The van der Waals surface area contributed by atoms with E-state index < -0.39 is 0 Å². The van der Waals surface area contributed by atoms with Crippen LogP contribution in [-0.4, -0.2) is 52.7 Å². The van der Waals surface area contributed by atoms with Crippen molar-refractivity contribution in [3.63, 3.8) is 0 Å². The first-order valence-electron chi connectivity index (χ1n) is 9.40. The van der Waals surface area contributed by atoms with Crippen LogP contribution in [0, 0.1) is 0 Å². The predicted octanol–water partition coefficient (Wildman–Crippen LogP) is 3.02. The molecule has 0 aliphatic carbocycles. The van der Waals surface area contributed by atoms with Gasteiger partial charge in [-0.05, 0) is 30.7 Å². The van der Waals surface area contributed by atoms with Crippen LogP contribution in [0.1, 0.15) is 16.8 Å². The molecule has 0 amide bonds. The molecule has 1 unspecified atom stereocenters. The number of fused-ring (bicyclic) bond motifs is 3. The lowest BCUT2D eigenvalue weighted by molar-refractivity contribution is 0.0746. The summed E-state index contributed by atoms with van der Waals surface area (Å²) in [5, 5.41) is 11.9. The van der Waals surface area contributed by atoms with Gasteiger partial charge in [0.1, 0.15) is 0 Å². The van der Waals surface area contributed by atoms with Gasteiger partial charge in [-0.2, -0.15) is 0 Å². The summed E-state index contributed by atoms with van der Waals surface area (Å²) in [5.74, 6) is 0. The van der Waals surface area contributed by atoms with Gasteiger partial charge in [0.05, 0.1) is 6.10 Å². The number of para-hydroxylation sites is 1. The van der Waals surface area contributed by atoms with Crippen LogP contribution < -0.4 is 0 Å². The Labute approximate surface area is 155 Å². The number of β-amino-alcohol motifs (C(OH)–C–C–N with tert-alkyl or cyclic N) is 1. The Hall–Kier alpha value is -2.14. The van der Waals surface area contributed by atoms with Gasteiger partial charge in [-0.3, -0.25) is 9.80 Å². The number of H-pyrrole nitrogens is 1. The van der Waals surface area contributed by atoms with Crippen LogP contribution in [0.2, 0.25) is 0 Å². The number of nitrogens with one attached hydrogen (secondary N) is 1. The fraction of sp³-hybridized carbons (Fsp3) is 0.364. The van der Waals surface area contributed by atoms with Crippen molar-refractivity contribution in [3.8, 4) is 0 Å². The number of rotatable bonds is 6. The van der Waals surface area contributed by atoms with E-state index >= 15 is 0 Å². The topological polar surface area (TPSA) is 42.5 Å². The molecular weight excluding hydrogens is 322 g/mol. The second kappa shape index (κ2) is 7.62. The molecule has 2 aromatic carbocycles. The van der Waals surface area contributed by atoms with Crippen LogP contribution in [0.25, 0.3) is 10.9 Å². The van der Waals surface area contributed by atoms with Crippen molar-refractivity contribution in [2.75, 3.05) is 26.7 Å². The van der Waals surface area contributed by atoms with Crippen molar-refractivity contribution in [3.05, 3.63) is 71.4 Å². The molecule has 1 aromatic heterocycles. The first-order chi connectivity index (χ1) is 12.7. The zero-order valence-corrected chi connectivity index (χ0v) is 15.4. The molecule has 3 aromatic rings. The summed E-state index contributed by atoms with van der Waals surface area (Å²) < 4.78 is 0. The van der Waals surface area contributed by atoms with E-state index in [0.717, 1.165) is 26.1 Å². The van der Waals surface area contributed by atoms with Crippen LogP contribution in [0.3, 0.4) is 0 Å². The van der Waals surface area contributed by atoms with E-state index in [2.05, 4.69) is 70.4 Å². The van der Waals surface area contributed by atoms with Crippen LogP contribution in [0.4, 0.5) is 0 Å². The highest BCUT2D eigenvalue weighted by atomic mass is 16.3. The third-order valence-corrected chi connectivity index (χ3v) is 5.25. The monoisotopic (exact) mass is 349 g/mol. The van der Waals surface area contributed by atoms with E-state index in [1.165, 1.54) is 27.7 Å². The normalized spacial score (nSPS) is 16.1. The molecule has 2 N–H and O–H groups in total. The average Bonchev–Trinajstić information content (AvgIpc) is 3.00. The Balaban J connectivity index is 1.33. The van der Waals surface area contributed by atoms with E-state index in [-0.39, 0.29) is 6.10 Å². The Morgan fingerprint density at radius 1 is 1.12 bits per heavy atom. The quantitative estimate of drug-likeness (QED) is 0.719. The summed E-state index contributed by atoms with van der Waals surface area (Å²) in [4.78, 5) is 8.11.